The van der Waals surface area contributed by atoms with Crippen molar-refractivity contribution in [2.75, 3.05) is 13.2 Å². The molecule has 0 heterocycles. The third kappa shape index (κ3) is 52.1. The van der Waals surface area contributed by atoms with Crippen molar-refractivity contribution in [3.63, 3.8) is 0 Å². The first kappa shape index (κ1) is 63.9. The highest BCUT2D eigenvalue weighted by Gasteiger charge is 2.20. The monoisotopic (exact) mass is 920 g/mol. The van der Waals surface area contributed by atoms with Gasteiger partial charge in [-0.15, -0.1) is 0 Å². The molecule has 3 N–H and O–H groups in total. The molecule has 65 heavy (non-hydrogen) atoms. The molecule has 0 bridgehead atoms. The van der Waals surface area contributed by atoms with Crippen molar-refractivity contribution >= 4 is 11.9 Å². The first-order valence-electron chi connectivity index (χ1n) is 29.8. The highest BCUT2D eigenvalue weighted by molar-refractivity contribution is 5.76. The van der Waals surface area contributed by atoms with Crippen molar-refractivity contribution in [2.45, 2.75) is 353 Å². The van der Waals surface area contributed by atoms with Crippen LogP contribution in [0.1, 0.15) is 341 Å². The second kappa shape index (κ2) is 55.5. The first-order chi connectivity index (χ1) is 32.0. The second-order valence-corrected chi connectivity index (χ2v) is 20.7. The summed E-state index contributed by atoms with van der Waals surface area (Å²) in [5.41, 5.74) is 0. The number of aliphatic hydroxyl groups is 2. The quantitative estimate of drug-likeness (QED) is 0.0417. The number of carbonyl (C=O) groups is 2. The normalized spacial score (nSPS) is 12.5. The zero-order valence-electron chi connectivity index (χ0n) is 44.3. The van der Waals surface area contributed by atoms with Crippen molar-refractivity contribution in [3.05, 3.63) is 0 Å². The number of esters is 1. The lowest BCUT2D eigenvalue weighted by Crippen LogP contribution is -2.45. The molecule has 6 heteroatoms. The summed E-state index contributed by atoms with van der Waals surface area (Å²) in [4.78, 5) is 24.5. The minimum absolute atomic E-state index is 0.00986. The summed E-state index contributed by atoms with van der Waals surface area (Å²) in [6.45, 7) is 4.97. The molecule has 0 fully saturated rings. The third-order valence-electron chi connectivity index (χ3n) is 14.2. The fourth-order valence-electron chi connectivity index (χ4n) is 9.58. The number of rotatable bonds is 56. The molecular formula is C59H117NO5. The molecule has 0 aliphatic rings. The number of hydrogen-bond donors (Lipinski definition) is 3. The Morgan fingerprint density at radius 2 is 0.631 bits per heavy atom. The molecule has 6 nitrogen and oxygen atoms in total. The molecule has 0 aliphatic heterocycles. The van der Waals surface area contributed by atoms with Crippen LogP contribution >= 0.6 is 0 Å². The summed E-state index contributed by atoms with van der Waals surface area (Å²) >= 11 is 0. The number of nitrogens with one attached hydrogen (secondary N) is 1. The van der Waals surface area contributed by atoms with Crippen LogP contribution in [0, 0.1) is 0 Å². The number of ether oxygens (including phenoxy) is 1. The molecule has 0 radical (unpaired) electrons. The van der Waals surface area contributed by atoms with Crippen LogP contribution in [0.25, 0.3) is 0 Å². The van der Waals surface area contributed by atoms with E-state index in [1.165, 1.54) is 270 Å². The molecule has 0 aromatic heterocycles. The van der Waals surface area contributed by atoms with E-state index >= 15 is 0 Å². The van der Waals surface area contributed by atoms with Crippen LogP contribution < -0.4 is 5.32 Å². The maximum Gasteiger partial charge on any atom is 0.305 e. The van der Waals surface area contributed by atoms with Gasteiger partial charge in [-0.25, -0.2) is 0 Å². The topological polar surface area (TPSA) is 95.9 Å². The van der Waals surface area contributed by atoms with Gasteiger partial charge in [0.1, 0.15) is 0 Å². The van der Waals surface area contributed by atoms with E-state index in [-0.39, 0.29) is 18.5 Å². The summed E-state index contributed by atoms with van der Waals surface area (Å²) in [7, 11) is 0. The van der Waals surface area contributed by atoms with E-state index in [0.717, 1.165) is 38.5 Å². The van der Waals surface area contributed by atoms with Crippen LogP contribution in [0.4, 0.5) is 0 Å². The molecule has 0 saturated heterocycles. The van der Waals surface area contributed by atoms with E-state index in [0.29, 0.717) is 25.9 Å². The molecule has 2 atom stereocenters. The van der Waals surface area contributed by atoms with Gasteiger partial charge in [0.2, 0.25) is 5.91 Å². The average Bonchev–Trinajstić information content (AvgIpc) is 3.31. The minimum atomic E-state index is -0.666. The van der Waals surface area contributed by atoms with E-state index in [1.807, 2.05) is 0 Å². The largest absolute Gasteiger partial charge is 0.466 e. The van der Waals surface area contributed by atoms with Crippen molar-refractivity contribution in [3.8, 4) is 0 Å². The van der Waals surface area contributed by atoms with Gasteiger partial charge in [-0.05, 0) is 25.7 Å². The second-order valence-electron chi connectivity index (χ2n) is 20.7. The van der Waals surface area contributed by atoms with Crippen LogP contribution in [0.2, 0.25) is 0 Å². The van der Waals surface area contributed by atoms with Gasteiger partial charge < -0.3 is 20.3 Å². The van der Waals surface area contributed by atoms with Gasteiger partial charge in [0.05, 0.1) is 25.4 Å². The first-order valence-corrected chi connectivity index (χ1v) is 29.8. The fraction of sp³-hybridized carbons (Fsp3) is 0.966. The number of amides is 1. The van der Waals surface area contributed by atoms with Crippen molar-refractivity contribution in [1.82, 2.24) is 5.32 Å². The van der Waals surface area contributed by atoms with Crippen LogP contribution in [0.3, 0.4) is 0 Å². The van der Waals surface area contributed by atoms with E-state index in [1.54, 1.807) is 0 Å². The van der Waals surface area contributed by atoms with Gasteiger partial charge in [0.15, 0.2) is 0 Å². The maximum absolute atomic E-state index is 12.5. The van der Waals surface area contributed by atoms with Gasteiger partial charge in [-0.2, -0.15) is 0 Å². The third-order valence-corrected chi connectivity index (χ3v) is 14.2. The average molecular weight is 921 g/mol. The summed E-state index contributed by atoms with van der Waals surface area (Å²) in [6, 6.07) is -0.544. The molecule has 388 valence electrons. The van der Waals surface area contributed by atoms with Crippen molar-refractivity contribution in [2.24, 2.45) is 0 Å². The summed E-state index contributed by atoms with van der Waals surface area (Å²) in [6.07, 6.45) is 63.8. The molecule has 2 unspecified atom stereocenters. The van der Waals surface area contributed by atoms with Crippen LogP contribution in [0.15, 0.2) is 0 Å². The lowest BCUT2D eigenvalue weighted by atomic mass is 10.0. The lowest BCUT2D eigenvalue weighted by Gasteiger charge is -2.22. The number of carbonyl (C=O) groups excluding carboxylic acids is 2. The predicted molar refractivity (Wildman–Crippen MR) is 283 cm³/mol. The molecule has 0 spiro atoms. The highest BCUT2D eigenvalue weighted by atomic mass is 16.5. The number of unbranched alkanes of at least 4 members (excludes halogenated alkanes) is 45. The summed E-state index contributed by atoms with van der Waals surface area (Å²) < 4.78 is 5.49. The van der Waals surface area contributed by atoms with Crippen molar-refractivity contribution < 1.29 is 24.5 Å². The Kier molecular flexibility index (Phi) is 54.5. The molecule has 0 aliphatic carbocycles. The summed E-state index contributed by atoms with van der Waals surface area (Å²) in [5.74, 6) is -0.0274. The Labute approximate surface area is 406 Å². The fourth-order valence-corrected chi connectivity index (χ4v) is 9.58. The molecule has 0 rings (SSSR count). The van der Waals surface area contributed by atoms with Gasteiger partial charge in [0.25, 0.3) is 0 Å². The minimum Gasteiger partial charge on any atom is -0.466 e. The molecule has 0 aromatic rings. The Bertz CT molecular complexity index is 928. The van der Waals surface area contributed by atoms with Crippen molar-refractivity contribution in [1.29, 1.82) is 0 Å². The van der Waals surface area contributed by atoms with Gasteiger partial charge in [0, 0.05) is 12.8 Å². The molecule has 0 saturated carbocycles. The molecule has 1 amide bonds. The molecular weight excluding hydrogens is 803 g/mol. The van der Waals surface area contributed by atoms with Crippen LogP contribution in [-0.4, -0.2) is 47.4 Å². The Morgan fingerprint density at radius 3 is 0.938 bits per heavy atom. The predicted octanol–water partition coefficient (Wildman–Crippen LogP) is 18.3. The Balaban J connectivity index is 3.38. The van der Waals surface area contributed by atoms with E-state index < -0.39 is 12.1 Å². The van der Waals surface area contributed by atoms with E-state index in [4.69, 9.17) is 4.74 Å². The van der Waals surface area contributed by atoms with Crippen LogP contribution in [0.5, 0.6) is 0 Å². The standard InChI is InChI=1S/C59H117NO5/c1-3-5-7-9-11-13-15-17-19-25-29-33-37-41-45-49-53-59(64)65-54-50-46-42-38-34-30-26-22-20-21-24-28-32-36-40-44-48-52-58(63)60-56(55-61)57(62)51-47-43-39-35-31-27-23-18-16-14-12-10-8-6-4-2/h56-57,61-62H,3-55H2,1-2H3,(H,60,63). The zero-order chi connectivity index (χ0) is 47.2. The highest BCUT2D eigenvalue weighted by Crippen LogP contribution is 2.18. The van der Waals surface area contributed by atoms with E-state index in [2.05, 4.69) is 19.2 Å². The Morgan fingerprint density at radius 1 is 0.369 bits per heavy atom. The number of hydrogen-bond acceptors (Lipinski definition) is 5. The smallest absolute Gasteiger partial charge is 0.305 e. The van der Waals surface area contributed by atoms with Gasteiger partial charge in [-0.3, -0.25) is 9.59 Å². The van der Waals surface area contributed by atoms with Gasteiger partial charge in [-0.1, -0.05) is 303 Å². The van der Waals surface area contributed by atoms with Crippen LogP contribution in [-0.2, 0) is 14.3 Å². The number of aliphatic hydroxyl groups excluding tert-OH is 2. The van der Waals surface area contributed by atoms with E-state index in [9.17, 15) is 19.8 Å². The van der Waals surface area contributed by atoms with Gasteiger partial charge >= 0.3 is 5.97 Å². The maximum atomic E-state index is 12.5. The Hall–Kier alpha value is -1.14. The zero-order valence-corrected chi connectivity index (χ0v) is 44.3. The molecule has 0 aromatic carbocycles. The SMILES string of the molecule is CCCCCCCCCCCCCCCCCCC(=O)OCCCCCCCCCCCCCCCCCCCC(=O)NC(CO)C(O)CCCCCCCCCCCCCCCCC. The summed E-state index contributed by atoms with van der Waals surface area (Å²) in [5, 5.41) is 23.3. The lowest BCUT2D eigenvalue weighted by molar-refractivity contribution is -0.143.